The number of oxazole rings is 1. The first-order valence-corrected chi connectivity index (χ1v) is 12.6. The summed E-state index contributed by atoms with van der Waals surface area (Å²) in [6.45, 7) is 4.78. The summed E-state index contributed by atoms with van der Waals surface area (Å²) in [5.74, 6) is 2.03. The number of rotatable bonds is 5. The molecule has 0 bridgehead atoms. The van der Waals surface area contributed by atoms with E-state index in [0.29, 0.717) is 42.0 Å². The van der Waals surface area contributed by atoms with Gasteiger partial charge in [-0.05, 0) is 23.8 Å². The van der Waals surface area contributed by atoms with Gasteiger partial charge in [0.2, 0.25) is 11.6 Å². The van der Waals surface area contributed by atoms with Gasteiger partial charge in [0.25, 0.3) is 0 Å². The fourth-order valence-corrected chi connectivity index (χ4v) is 5.04. The highest BCUT2D eigenvalue weighted by molar-refractivity contribution is 6.30. The van der Waals surface area contributed by atoms with Gasteiger partial charge in [-0.15, -0.1) is 0 Å². The standard InChI is InChI=1S/C28H24ClN7O/c1-2-24-33-23(16-30)28(37-24)35-13-11-34(12-14-35)26-25-22(19-7-4-3-5-8-19)17-36(27(25)32-18-31-26)21-10-6-9-20(29)15-21/h3-10,15,17-18H,2,11-14H2,1H3. The number of hydrogen-bond acceptors (Lipinski definition) is 7. The fraction of sp³-hybridized carbons (Fsp3) is 0.214. The van der Waals surface area contributed by atoms with Crippen LogP contribution in [0.25, 0.3) is 27.8 Å². The molecular weight excluding hydrogens is 486 g/mol. The molecule has 0 atom stereocenters. The zero-order chi connectivity index (χ0) is 25.4. The monoisotopic (exact) mass is 509 g/mol. The van der Waals surface area contributed by atoms with Crippen LogP contribution in [0.4, 0.5) is 11.7 Å². The van der Waals surface area contributed by atoms with Crippen molar-refractivity contribution >= 4 is 34.3 Å². The van der Waals surface area contributed by atoms with Crippen molar-refractivity contribution in [2.75, 3.05) is 36.0 Å². The van der Waals surface area contributed by atoms with Gasteiger partial charge < -0.3 is 18.8 Å². The molecule has 1 saturated heterocycles. The number of aryl methyl sites for hydroxylation is 1. The van der Waals surface area contributed by atoms with Crippen molar-refractivity contribution < 1.29 is 4.42 Å². The molecule has 8 nitrogen and oxygen atoms in total. The Balaban J connectivity index is 1.40. The van der Waals surface area contributed by atoms with Crippen molar-refractivity contribution in [2.45, 2.75) is 13.3 Å². The summed E-state index contributed by atoms with van der Waals surface area (Å²) in [4.78, 5) is 18.1. The minimum absolute atomic E-state index is 0.347. The van der Waals surface area contributed by atoms with Crippen LogP contribution in [0.1, 0.15) is 18.5 Å². The topological polar surface area (TPSA) is 87.0 Å². The number of piperazine rings is 1. The van der Waals surface area contributed by atoms with Crippen LogP contribution >= 0.6 is 11.6 Å². The van der Waals surface area contributed by atoms with Gasteiger partial charge in [-0.2, -0.15) is 5.26 Å². The maximum atomic E-state index is 9.52. The molecule has 0 N–H and O–H groups in total. The average molecular weight is 510 g/mol. The number of aromatic nitrogens is 4. The van der Waals surface area contributed by atoms with Gasteiger partial charge >= 0.3 is 0 Å². The molecule has 4 heterocycles. The molecule has 0 aliphatic carbocycles. The maximum absolute atomic E-state index is 9.52. The first-order chi connectivity index (χ1) is 18.2. The molecule has 0 saturated carbocycles. The average Bonchev–Trinajstić information content (AvgIpc) is 3.56. The van der Waals surface area contributed by atoms with E-state index in [1.165, 1.54) is 0 Å². The highest BCUT2D eigenvalue weighted by atomic mass is 35.5. The number of benzene rings is 2. The lowest BCUT2D eigenvalue weighted by molar-refractivity contribution is 0.481. The number of anilines is 2. The maximum Gasteiger partial charge on any atom is 0.234 e. The minimum Gasteiger partial charge on any atom is -0.424 e. The molecule has 6 rings (SSSR count). The summed E-state index contributed by atoms with van der Waals surface area (Å²) in [6.07, 6.45) is 4.39. The lowest BCUT2D eigenvalue weighted by atomic mass is 10.1. The minimum atomic E-state index is 0.347. The molecule has 1 aliphatic rings. The summed E-state index contributed by atoms with van der Waals surface area (Å²) < 4.78 is 7.95. The molecule has 37 heavy (non-hydrogen) atoms. The second-order valence-electron chi connectivity index (χ2n) is 8.86. The Morgan fingerprint density at radius 2 is 1.78 bits per heavy atom. The highest BCUT2D eigenvalue weighted by Crippen LogP contribution is 2.37. The third-order valence-corrected chi connectivity index (χ3v) is 6.90. The Kier molecular flexibility index (Phi) is 5.99. The van der Waals surface area contributed by atoms with Crippen LogP contribution in [-0.4, -0.2) is 45.7 Å². The first kappa shape index (κ1) is 23.1. The highest BCUT2D eigenvalue weighted by Gasteiger charge is 2.27. The molecule has 3 aromatic heterocycles. The van der Waals surface area contributed by atoms with E-state index in [-0.39, 0.29) is 0 Å². The van der Waals surface area contributed by atoms with Crippen molar-refractivity contribution in [2.24, 2.45) is 0 Å². The van der Waals surface area contributed by atoms with Gasteiger partial charge in [-0.3, -0.25) is 0 Å². The summed E-state index contributed by atoms with van der Waals surface area (Å²) in [7, 11) is 0. The summed E-state index contributed by atoms with van der Waals surface area (Å²) in [5.41, 5.74) is 4.26. The Bertz CT molecular complexity index is 1610. The van der Waals surface area contributed by atoms with E-state index in [4.69, 9.17) is 26.0 Å². The SMILES string of the molecule is CCc1nc(C#N)c(N2CCN(c3ncnc4c3c(-c3ccccc3)cn4-c3cccc(Cl)c3)CC2)o1. The smallest absolute Gasteiger partial charge is 0.234 e. The van der Waals surface area contributed by atoms with E-state index >= 15 is 0 Å². The second kappa shape index (κ2) is 9.60. The van der Waals surface area contributed by atoms with Gasteiger partial charge in [0.15, 0.2) is 11.5 Å². The number of nitrogens with zero attached hydrogens (tertiary/aromatic N) is 7. The predicted molar refractivity (Wildman–Crippen MR) is 144 cm³/mol. The summed E-state index contributed by atoms with van der Waals surface area (Å²) >= 11 is 6.33. The molecule has 184 valence electrons. The van der Waals surface area contributed by atoms with Crippen molar-refractivity contribution in [3.8, 4) is 22.9 Å². The van der Waals surface area contributed by atoms with Crippen molar-refractivity contribution in [1.82, 2.24) is 19.5 Å². The molecule has 0 radical (unpaired) electrons. The lowest BCUT2D eigenvalue weighted by Crippen LogP contribution is -2.47. The Labute approximate surface area is 219 Å². The molecule has 9 heteroatoms. The third kappa shape index (κ3) is 4.17. The third-order valence-electron chi connectivity index (χ3n) is 6.66. The van der Waals surface area contributed by atoms with Crippen LogP contribution < -0.4 is 9.80 Å². The van der Waals surface area contributed by atoms with Crippen LogP contribution in [0.5, 0.6) is 0 Å². The quantitative estimate of drug-likeness (QED) is 0.309. The van der Waals surface area contributed by atoms with Crippen molar-refractivity contribution in [1.29, 1.82) is 5.26 Å². The van der Waals surface area contributed by atoms with E-state index in [0.717, 1.165) is 46.8 Å². The van der Waals surface area contributed by atoms with Gasteiger partial charge in [0.1, 0.15) is 18.2 Å². The van der Waals surface area contributed by atoms with E-state index in [2.05, 4.69) is 43.7 Å². The van der Waals surface area contributed by atoms with Crippen LogP contribution in [0.3, 0.4) is 0 Å². The van der Waals surface area contributed by atoms with E-state index in [1.54, 1.807) is 6.33 Å². The summed E-state index contributed by atoms with van der Waals surface area (Å²) in [6, 6.07) is 20.2. The largest absolute Gasteiger partial charge is 0.424 e. The molecule has 2 aromatic carbocycles. The zero-order valence-electron chi connectivity index (χ0n) is 20.3. The number of fused-ring (bicyclic) bond motifs is 1. The molecule has 5 aromatic rings. The number of hydrogen-bond donors (Lipinski definition) is 0. The molecule has 1 fully saturated rings. The van der Waals surface area contributed by atoms with Gasteiger partial charge in [-0.25, -0.2) is 15.0 Å². The van der Waals surface area contributed by atoms with Crippen LogP contribution in [-0.2, 0) is 6.42 Å². The van der Waals surface area contributed by atoms with Gasteiger partial charge in [-0.1, -0.05) is 54.9 Å². The molecule has 0 amide bonds. The zero-order valence-corrected chi connectivity index (χ0v) is 21.1. The normalized spacial score (nSPS) is 13.8. The van der Waals surface area contributed by atoms with Crippen molar-refractivity contribution in [3.63, 3.8) is 0 Å². The summed E-state index contributed by atoms with van der Waals surface area (Å²) in [5, 5.41) is 11.2. The Morgan fingerprint density at radius 3 is 2.51 bits per heavy atom. The van der Waals surface area contributed by atoms with E-state index < -0.39 is 0 Å². The molecule has 0 spiro atoms. The van der Waals surface area contributed by atoms with Crippen LogP contribution in [0.15, 0.2) is 71.5 Å². The lowest BCUT2D eigenvalue weighted by Gasteiger charge is -2.35. The predicted octanol–water partition coefficient (Wildman–Crippen LogP) is 5.49. The second-order valence-corrected chi connectivity index (χ2v) is 9.29. The van der Waals surface area contributed by atoms with E-state index in [1.807, 2.05) is 49.4 Å². The number of halogens is 1. The van der Waals surface area contributed by atoms with E-state index in [9.17, 15) is 5.26 Å². The Hall–Kier alpha value is -4.35. The Morgan fingerprint density at radius 1 is 1.00 bits per heavy atom. The molecular formula is C28H24ClN7O. The van der Waals surface area contributed by atoms with Gasteiger partial charge in [0, 0.05) is 55.1 Å². The van der Waals surface area contributed by atoms with Gasteiger partial charge in [0.05, 0.1) is 5.39 Å². The first-order valence-electron chi connectivity index (χ1n) is 12.2. The van der Waals surface area contributed by atoms with Crippen molar-refractivity contribution in [3.05, 3.63) is 83.7 Å². The van der Waals surface area contributed by atoms with Crippen LogP contribution in [0.2, 0.25) is 5.02 Å². The van der Waals surface area contributed by atoms with Crippen LogP contribution in [0, 0.1) is 11.3 Å². The number of nitriles is 1. The molecule has 1 aliphatic heterocycles. The fourth-order valence-electron chi connectivity index (χ4n) is 4.86. The molecule has 0 unspecified atom stereocenters.